The van der Waals surface area contributed by atoms with Crippen molar-refractivity contribution >= 4 is 46.6 Å². The molecule has 0 aliphatic heterocycles. The molecule has 5 nitrogen and oxygen atoms in total. The van der Waals surface area contributed by atoms with Crippen LogP contribution in [0.3, 0.4) is 0 Å². The largest absolute Gasteiger partial charge is 0.508 e. The monoisotopic (exact) mass is 325 g/mol. The molecule has 0 aliphatic rings. The lowest BCUT2D eigenvalue weighted by molar-refractivity contribution is -0.141. The first kappa shape index (κ1) is 17.2. The molecule has 1 amide bonds. The number of carboxylic acids is 1. The number of thiocarbonyl (C=S) groups is 1. The highest BCUT2D eigenvalue weighted by atomic mass is 32.2. The molecule has 0 spiro atoms. The second-order valence-corrected chi connectivity index (χ2v) is 5.77. The van der Waals surface area contributed by atoms with Crippen LogP contribution in [0.1, 0.15) is 11.1 Å². The van der Waals surface area contributed by atoms with E-state index in [0.717, 1.165) is 22.2 Å². The van der Waals surface area contributed by atoms with Gasteiger partial charge in [-0.3, -0.25) is 9.59 Å². The number of aliphatic carboxylic acids is 1. The Labute approximate surface area is 132 Å². The number of phenols is 1. The summed E-state index contributed by atoms with van der Waals surface area (Å²) in [6.45, 7) is 1.36. The van der Waals surface area contributed by atoms with E-state index in [4.69, 9.17) is 17.3 Å². The summed E-state index contributed by atoms with van der Waals surface area (Å²) in [6.07, 6.45) is 1.61. The van der Waals surface area contributed by atoms with E-state index in [0.29, 0.717) is 10.5 Å². The van der Waals surface area contributed by atoms with Gasteiger partial charge >= 0.3 is 5.97 Å². The molecule has 0 aromatic heterocycles. The maximum absolute atomic E-state index is 12.2. The minimum absolute atomic E-state index is 0.172. The topological polar surface area (TPSA) is 77.8 Å². The van der Waals surface area contributed by atoms with Gasteiger partial charge in [0.25, 0.3) is 5.91 Å². The van der Waals surface area contributed by atoms with Gasteiger partial charge in [-0.1, -0.05) is 30.0 Å². The fourth-order valence-electron chi connectivity index (χ4n) is 1.58. The van der Waals surface area contributed by atoms with Gasteiger partial charge in [0.2, 0.25) is 0 Å². The molecule has 7 heteroatoms. The van der Waals surface area contributed by atoms with Crippen molar-refractivity contribution in [2.24, 2.45) is 0 Å². The average molecular weight is 325 g/mol. The van der Waals surface area contributed by atoms with Gasteiger partial charge in [0.1, 0.15) is 12.3 Å². The van der Waals surface area contributed by atoms with Gasteiger partial charge in [0.05, 0.1) is 4.91 Å². The van der Waals surface area contributed by atoms with Crippen molar-refractivity contribution in [1.82, 2.24) is 4.90 Å². The summed E-state index contributed by atoms with van der Waals surface area (Å²) in [5, 5.41) is 18.2. The SMILES string of the molecule is Cc1cc(/C=C(\SC=S)C(=O)N(C)CC(=O)O)ccc1O. The molecule has 1 aromatic rings. The molecule has 2 N–H and O–H groups in total. The Morgan fingerprint density at radius 1 is 1.43 bits per heavy atom. The first-order valence-electron chi connectivity index (χ1n) is 5.94. The number of carbonyl (C=O) groups is 2. The second-order valence-electron chi connectivity index (χ2n) is 4.32. The Hall–Kier alpha value is -1.86. The average Bonchev–Trinajstić information content (AvgIpc) is 2.40. The molecule has 0 fully saturated rings. The number of likely N-dealkylation sites (N-methyl/N-ethyl adjacent to an activating group) is 1. The summed E-state index contributed by atoms with van der Waals surface area (Å²) in [5.41, 5.74) is 1.41. The van der Waals surface area contributed by atoms with Gasteiger partial charge in [-0.2, -0.15) is 0 Å². The lowest BCUT2D eigenvalue weighted by Crippen LogP contribution is -2.32. The number of carbonyl (C=O) groups excluding carboxylic acids is 1. The lowest BCUT2D eigenvalue weighted by atomic mass is 10.1. The predicted octanol–water partition coefficient (Wildman–Crippen LogP) is 2.27. The zero-order valence-electron chi connectivity index (χ0n) is 11.6. The smallest absolute Gasteiger partial charge is 0.323 e. The molecule has 0 saturated carbocycles. The van der Waals surface area contributed by atoms with Gasteiger partial charge < -0.3 is 15.1 Å². The van der Waals surface area contributed by atoms with E-state index >= 15 is 0 Å². The Kier molecular flexibility index (Phi) is 6.39. The van der Waals surface area contributed by atoms with Crippen LogP contribution in [-0.2, 0) is 9.59 Å². The fraction of sp³-hybridized carbons (Fsp3) is 0.214. The van der Waals surface area contributed by atoms with Crippen molar-refractivity contribution in [2.45, 2.75) is 6.92 Å². The lowest BCUT2D eigenvalue weighted by Gasteiger charge is -2.15. The van der Waals surface area contributed by atoms with Crippen LogP contribution >= 0.6 is 24.0 Å². The standard InChI is InChI=1S/C14H15NO4S2/c1-9-5-10(3-4-11(9)16)6-12(21-8-20)14(19)15(2)7-13(17)18/h3-6,8,16H,7H2,1-2H3,(H,17,18)/b12-6-. The highest BCUT2D eigenvalue weighted by Gasteiger charge is 2.17. The van der Waals surface area contributed by atoms with Crippen LogP contribution in [0.5, 0.6) is 5.75 Å². The minimum atomic E-state index is -1.09. The number of amides is 1. The first-order valence-corrected chi connectivity index (χ1v) is 7.29. The van der Waals surface area contributed by atoms with Crippen LogP contribution in [0.25, 0.3) is 6.08 Å². The maximum Gasteiger partial charge on any atom is 0.323 e. The summed E-state index contributed by atoms with van der Waals surface area (Å²) in [5.74, 6) is -1.34. The third-order valence-corrected chi connectivity index (χ3v) is 3.55. The van der Waals surface area contributed by atoms with Crippen molar-refractivity contribution in [3.63, 3.8) is 0 Å². The number of aryl methyl sites for hydroxylation is 1. The van der Waals surface area contributed by atoms with Crippen molar-refractivity contribution < 1.29 is 19.8 Å². The van der Waals surface area contributed by atoms with Crippen LogP contribution in [0.15, 0.2) is 23.1 Å². The molecule has 0 radical (unpaired) electrons. The molecule has 0 heterocycles. The first-order chi connectivity index (χ1) is 9.85. The van der Waals surface area contributed by atoms with Crippen LogP contribution in [0, 0.1) is 6.92 Å². The van der Waals surface area contributed by atoms with Gasteiger partial charge in [-0.15, -0.1) is 0 Å². The van der Waals surface area contributed by atoms with Gasteiger partial charge in [0.15, 0.2) is 0 Å². The number of hydrogen-bond donors (Lipinski definition) is 2. The highest BCUT2D eigenvalue weighted by Crippen LogP contribution is 2.23. The Balaban J connectivity index is 3.06. The van der Waals surface area contributed by atoms with Crippen LogP contribution in [-0.4, -0.2) is 45.3 Å². The minimum Gasteiger partial charge on any atom is -0.508 e. The summed E-state index contributed by atoms with van der Waals surface area (Å²) < 4.78 is 1.34. The summed E-state index contributed by atoms with van der Waals surface area (Å²) in [7, 11) is 1.41. The Morgan fingerprint density at radius 2 is 2.10 bits per heavy atom. The summed E-state index contributed by atoms with van der Waals surface area (Å²) in [6, 6.07) is 4.92. The van der Waals surface area contributed by atoms with Crippen molar-refractivity contribution in [1.29, 1.82) is 0 Å². The van der Waals surface area contributed by atoms with Crippen molar-refractivity contribution in [2.75, 3.05) is 13.6 Å². The normalized spacial score (nSPS) is 11.0. The van der Waals surface area contributed by atoms with E-state index in [2.05, 4.69) is 0 Å². The highest BCUT2D eigenvalue weighted by molar-refractivity contribution is 8.24. The fourth-order valence-corrected chi connectivity index (χ4v) is 2.46. The molecule has 0 bridgehead atoms. The third kappa shape index (κ3) is 5.20. The summed E-state index contributed by atoms with van der Waals surface area (Å²) >= 11 is 5.80. The van der Waals surface area contributed by atoms with E-state index < -0.39 is 11.9 Å². The van der Waals surface area contributed by atoms with Crippen molar-refractivity contribution in [3.8, 4) is 5.75 Å². The molecule has 21 heavy (non-hydrogen) atoms. The summed E-state index contributed by atoms with van der Waals surface area (Å²) in [4.78, 5) is 24.3. The number of carboxylic acid groups (broad SMARTS) is 1. The zero-order valence-corrected chi connectivity index (χ0v) is 13.2. The second kappa shape index (κ2) is 7.80. The molecule has 0 aliphatic carbocycles. The number of hydrogen-bond acceptors (Lipinski definition) is 5. The predicted molar refractivity (Wildman–Crippen MR) is 87.3 cm³/mol. The van der Waals surface area contributed by atoms with E-state index in [1.165, 1.54) is 17.8 Å². The Bertz CT molecular complexity index is 599. The van der Waals surface area contributed by atoms with E-state index in [-0.39, 0.29) is 12.3 Å². The number of nitrogens with zero attached hydrogens (tertiary/aromatic N) is 1. The molecule has 0 saturated heterocycles. The maximum atomic E-state index is 12.2. The molecular weight excluding hydrogens is 310 g/mol. The van der Waals surface area contributed by atoms with E-state index in [9.17, 15) is 14.7 Å². The number of benzene rings is 1. The number of thioether (sulfide) groups is 1. The van der Waals surface area contributed by atoms with E-state index in [1.807, 2.05) is 0 Å². The number of rotatable bonds is 6. The molecule has 0 unspecified atom stereocenters. The third-order valence-electron chi connectivity index (χ3n) is 2.62. The molecule has 0 atom stereocenters. The molecule has 1 aromatic carbocycles. The quantitative estimate of drug-likeness (QED) is 0.617. The van der Waals surface area contributed by atoms with Gasteiger partial charge in [0, 0.05) is 11.7 Å². The van der Waals surface area contributed by atoms with Crippen LogP contribution < -0.4 is 0 Å². The number of phenolic OH excluding ortho intramolecular Hbond substituents is 1. The van der Waals surface area contributed by atoms with Crippen LogP contribution in [0.4, 0.5) is 0 Å². The molecule has 112 valence electrons. The van der Waals surface area contributed by atoms with Gasteiger partial charge in [-0.25, -0.2) is 0 Å². The van der Waals surface area contributed by atoms with Crippen molar-refractivity contribution in [3.05, 3.63) is 34.2 Å². The molecular formula is C14H15NO4S2. The molecule has 1 rings (SSSR count). The number of aromatic hydroxyl groups is 1. The van der Waals surface area contributed by atoms with E-state index in [1.54, 1.807) is 25.1 Å². The van der Waals surface area contributed by atoms with Gasteiger partial charge in [-0.05, 0) is 36.3 Å². The zero-order chi connectivity index (χ0) is 16.0. The Morgan fingerprint density at radius 3 is 2.62 bits per heavy atom. The van der Waals surface area contributed by atoms with Crippen LogP contribution in [0.2, 0.25) is 0 Å².